The molecule has 1 aromatic heterocycles. The van der Waals surface area contributed by atoms with Crippen molar-refractivity contribution in [3.63, 3.8) is 0 Å². The third kappa shape index (κ3) is 4.23. The lowest BCUT2D eigenvalue weighted by Crippen LogP contribution is -2.32. The summed E-state index contributed by atoms with van der Waals surface area (Å²) in [5.41, 5.74) is 1.30. The number of hydrogen-bond acceptors (Lipinski definition) is 5. The van der Waals surface area contributed by atoms with Gasteiger partial charge in [-0.2, -0.15) is 0 Å². The molecule has 0 saturated carbocycles. The van der Waals surface area contributed by atoms with Crippen LogP contribution in [0.25, 0.3) is 11.4 Å². The average Bonchev–Trinajstić information content (AvgIpc) is 3.03. The Balaban J connectivity index is 1.72. The summed E-state index contributed by atoms with van der Waals surface area (Å²) in [7, 11) is 0. The molecule has 27 heavy (non-hydrogen) atoms. The summed E-state index contributed by atoms with van der Waals surface area (Å²) in [6, 6.07) is 13.0. The van der Waals surface area contributed by atoms with E-state index in [9.17, 15) is 9.18 Å². The first-order chi connectivity index (χ1) is 13.0. The smallest absolute Gasteiger partial charge is 0.237 e. The number of nitrogens with zero attached hydrogens (tertiary/aromatic N) is 4. The Morgan fingerprint density at radius 3 is 2.59 bits per heavy atom. The minimum absolute atomic E-state index is 0.114. The van der Waals surface area contributed by atoms with Gasteiger partial charge in [0.25, 0.3) is 0 Å². The molecule has 1 heterocycles. The van der Waals surface area contributed by atoms with Gasteiger partial charge in [0.2, 0.25) is 11.1 Å². The summed E-state index contributed by atoms with van der Waals surface area (Å²) in [5, 5.41) is 9.03. The van der Waals surface area contributed by atoms with Gasteiger partial charge in [0.15, 0.2) is 5.82 Å². The monoisotopic (exact) mass is 405 g/mol. The van der Waals surface area contributed by atoms with E-state index in [1.165, 1.54) is 28.6 Å². The Morgan fingerprint density at radius 1 is 1.22 bits per heavy atom. The fourth-order valence-corrected chi connectivity index (χ4v) is 3.48. The summed E-state index contributed by atoms with van der Waals surface area (Å²) in [5.74, 6) is 6.12. The van der Waals surface area contributed by atoms with Crippen LogP contribution in [-0.4, -0.2) is 33.1 Å². The Labute approximate surface area is 165 Å². The van der Waals surface area contributed by atoms with E-state index in [0.717, 1.165) is 0 Å². The quantitative estimate of drug-likeness (QED) is 0.501. The summed E-state index contributed by atoms with van der Waals surface area (Å²) in [4.78, 5) is 14.1. The van der Waals surface area contributed by atoms with E-state index < -0.39 is 0 Å². The van der Waals surface area contributed by atoms with Crippen molar-refractivity contribution in [1.29, 1.82) is 0 Å². The molecule has 0 fully saturated rings. The number of halogens is 2. The van der Waals surface area contributed by atoms with Gasteiger partial charge in [-0.3, -0.25) is 4.79 Å². The second-order valence-corrected chi connectivity index (χ2v) is 6.91. The van der Waals surface area contributed by atoms with Crippen LogP contribution in [0.4, 0.5) is 10.1 Å². The molecule has 6 nitrogen and oxygen atoms in total. The zero-order chi connectivity index (χ0) is 19.4. The zero-order valence-electron chi connectivity index (χ0n) is 14.5. The van der Waals surface area contributed by atoms with E-state index in [-0.39, 0.29) is 17.5 Å². The standard InChI is InChI=1S/C18H17ClFN5OS/c1-2-24(13-9-7-12(20)8-10-13)16(26)11-27-18-23-22-17(25(18)21)14-5-3-4-6-15(14)19/h3-10H,2,11,21H2,1H3. The number of thioether (sulfide) groups is 1. The highest BCUT2D eigenvalue weighted by atomic mass is 35.5. The molecule has 0 aliphatic carbocycles. The second-order valence-electron chi connectivity index (χ2n) is 5.56. The molecule has 0 aliphatic rings. The van der Waals surface area contributed by atoms with Crippen LogP contribution in [0.15, 0.2) is 53.7 Å². The number of amides is 1. The van der Waals surface area contributed by atoms with Crippen molar-refractivity contribution in [1.82, 2.24) is 14.9 Å². The lowest BCUT2D eigenvalue weighted by molar-refractivity contribution is -0.116. The van der Waals surface area contributed by atoms with Crippen molar-refractivity contribution >= 4 is 35.0 Å². The topological polar surface area (TPSA) is 77.0 Å². The number of rotatable bonds is 6. The van der Waals surface area contributed by atoms with Crippen molar-refractivity contribution in [3.8, 4) is 11.4 Å². The minimum Gasteiger partial charge on any atom is -0.335 e. The highest BCUT2D eigenvalue weighted by Crippen LogP contribution is 2.28. The van der Waals surface area contributed by atoms with E-state index in [1.54, 1.807) is 29.2 Å². The Bertz CT molecular complexity index is 947. The Morgan fingerprint density at radius 2 is 1.93 bits per heavy atom. The maximum Gasteiger partial charge on any atom is 0.237 e. The number of hydrogen-bond donors (Lipinski definition) is 1. The van der Waals surface area contributed by atoms with Gasteiger partial charge >= 0.3 is 0 Å². The van der Waals surface area contributed by atoms with Gasteiger partial charge in [0.05, 0.1) is 10.8 Å². The summed E-state index contributed by atoms with van der Waals surface area (Å²) >= 11 is 7.35. The molecule has 0 unspecified atom stereocenters. The van der Waals surface area contributed by atoms with E-state index in [1.807, 2.05) is 19.1 Å². The second kappa shape index (κ2) is 8.41. The highest BCUT2D eigenvalue weighted by Gasteiger charge is 2.18. The van der Waals surface area contributed by atoms with Crippen LogP contribution < -0.4 is 10.7 Å². The van der Waals surface area contributed by atoms with E-state index in [2.05, 4.69) is 10.2 Å². The number of aromatic nitrogens is 3. The van der Waals surface area contributed by atoms with Crippen LogP contribution in [0.3, 0.4) is 0 Å². The van der Waals surface area contributed by atoms with Gasteiger partial charge in [-0.25, -0.2) is 9.07 Å². The van der Waals surface area contributed by atoms with Crippen LogP contribution in [0.2, 0.25) is 5.02 Å². The summed E-state index contributed by atoms with van der Waals surface area (Å²) in [6.45, 7) is 2.32. The average molecular weight is 406 g/mol. The summed E-state index contributed by atoms with van der Waals surface area (Å²) in [6.07, 6.45) is 0. The van der Waals surface area contributed by atoms with Gasteiger partial charge in [-0.15, -0.1) is 10.2 Å². The number of benzene rings is 2. The molecule has 2 aromatic carbocycles. The van der Waals surface area contributed by atoms with E-state index in [4.69, 9.17) is 17.4 Å². The fraction of sp³-hybridized carbons (Fsp3) is 0.167. The molecule has 0 bridgehead atoms. The van der Waals surface area contributed by atoms with Gasteiger partial charge in [0.1, 0.15) is 5.82 Å². The SMILES string of the molecule is CCN(C(=O)CSc1nnc(-c2ccccc2Cl)n1N)c1ccc(F)cc1. The van der Waals surface area contributed by atoms with Gasteiger partial charge in [0, 0.05) is 17.8 Å². The number of carbonyl (C=O) groups excluding carboxylic acids is 1. The van der Waals surface area contributed by atoms with Crippen molar-refractivity contribution in [2.24, 2.45) is 0 Å². The first kappa shape index (κ1) is 19.2. The molecule has 0 atom stereocenters. The predicted molar refractivity (Wildman–Crippen MR) is 106 cm³/mol. The summed E-state index contributed by atoms with van der Waals surface area (Å²) < 4.78 is 14.4. The third-order valence-electron chi connectivity index (χ3n) is 3.86. The first-order valence-electron chi connectivity index (χ1n) is 8.15. The fourth-order valence-electron chi connectivity index (χ4n) is 2.53. The van der Waals surface area contributed by atoms with E-state index >= 15 is 0 Å². The van der Waals surface area contributed by atoms with Gasteiger partial charge in [-0.05, 0) is 43.3 Å². The first-order valence-corrected chi connectivity index (χ1v) is 9.51. The van der Waals surface area contributed by atoms with Crippen molar-refractivity contribution in [2.45, 2.75) is 12.1 Å². The van der Waals surface area contributed by atoms with Crippen LogP contribution in [-0.2, 0) is 4.79 Å². The Kier molecular flexibility index (Phi) is 5.98. The van der Waals surface area contributed by atoms with Crippen LogP contribution >= 0.6 is 23.4 Å². The molecule has 0 radical (unpaired) electrons. The van der Waals surface area contributed by atoms with Crippen molar-refractivity contribution in [3.05, 3.63) is 59.4 Å². The van der Waals surface area contributed by atoms with Crippen molar-refractivity contribution in [2.75, 3.05) is 23.0 Å². The molecule has 9 heteroatoms. The maximum absolute atomic E-state index is 13.1. The van der Waals surface area contributed by atoms with Gasteiger partial charge in [-0.1, -0.05) is 35.5 Å². The predicted octanol–water partition coefficient (Wildman–Crippen LogP) is 3.60. The number of anilines is 1. The van der Waals surface area contributed by atoms with Crippen LogP contribution in [0.5, 0.6) is 0 Å². The minimum atomic E-state index is -0.347. The Hall–Kier alpha value is -2.58. The molecule has 3 rings (SSSR count). The molecule has 0 spiro atoms. The number of carbonyl (C=O) groups is 1. The molecule has 1 amide bonds. The lowest BCUT2D eigenvalue weighted by Gasteiger charge is -2.20. The molecule has 0 saturated heterocycles. The molecular formula is C18H17ClFN5OS. The third-order valence-corrected chi connectivity index (χ3v) is 5.12. The number of nitrogens with two attached hydrogens (primary N) is 1. The molecular weight excluding hydrogens is 389 g/mol. The van der Waals surface area contributed by atoms with Crippen LogP contribution in [0.1, 0.15) is 6.92 Å². The zero-order valence-corrected chi connectivity index (χ0v) is 16.0. The normalized spacial score (nSPS) is 10.8. The van der Waals surface area contributed by atoms with Crippen LogP contribution in [0, 0.1) is 5.82 Å². The molecule has 2 N–H and O–H groups in total. The lowest BCUT2D eigenvalue weighted by atomic mass is 10.2. The molecule has 0 aliphatic heterocycles. The largest absolute Gasteiger partial charge is 0.335 e. The van der Waals surface area contributed by atoms with Crippen molar-refractivity contribution < 1.29 is 9.18 Å². The molecule has 140 valence electrons. The highest BCUT2D eigenvalue weighted by molar-refractivity contribution is 7.99. The van der Waals surface area contributed by atoms with E-state index in [0.29, 0.717) is 33.8 Å². The molecule has 3 aromatic rings. The van der Waals surface area contributed by atoms with Gasteiger partial charge < -0.3 is 10.7 Å². The number of nitrogen functional groups attached to an aromatic ring is 1. The maximum atomic E-state index is 13.1.